The van der Waals surface area contributed by atoms with Crippen LogP contribution in [0.1, 0.15) is 48.0 Å². The maximum absolute atomic E-state index is 12.4. The molecule has 146 valence electrons. The number of hydrogen-bond acceptors (Lipinski definition) is 4. The quantitative estimate of drug-likeness (QED) is 0.281. The van der Waals surface area contributed by atoms with Crippen molar-refractivity contribution in [3.63, 3.8) is 0 Å². The van der Waals surface area contributed by atoms with Crippen molar-refractivity contribution in [2.24, 2.45) is 11.0 Å². The number of nitrogens with one attached hydrogen (secondary N) is 1. The Hall–Kier alpha value is -2.18. The minimum Gasteiger partial charge on any atom is -0.422 e. The second-order valence-corrected chi connectivity index (χ2v) is 8.00. The predicted molar refractivity (Wildman–Crippen MR) is 113 cm³/mol. The molecular weight excluding hydrogens is 444 g/mol. The van der Waals surface area contributed by atoms with E-state index in [-0.39, 0.29) is 11.8 Å². The number of benzene rings is 2. The molecule has 0 aromatic heterocycles. The number of hydrogen-bond donors (Lipinski definition) is 1. The van der Waals surface area contributed by atoms with Gasteiger partial charge in [-0.3, -0.25) is 4.79 Å². The number of hydrazone groups is 1. The molecule has 0 spiro atoms. The van der Waals surface area contributed by atoms with Gasteiger partial charge in [-0.25, -0.2) is 10.2 Å². The number of carbonyl (C=O) groups is 2. The maximum atomic E-state index is 12.4. The first-order valence-electron chi connectivity index (χ1n) is 9.13. The zero-order valence-electron chi connectivity index (χ0n) is 15.2. The van der Waals surface area contributed by atoms with Crippen LogP contribution >= 0.6 is 27.5 Å². The Kier molecular flexibility index (Phi) is 7.23. The summed E-state index contributed by atoms with van der Waals surface area (Å²) in [5, 5.41) is 4.60. The van der Waals surface area contributed by atoms with Crippen molar-refractivity contribution < 1.29 is 14.3 Å². The highest BCUT2D eigenvalue weighted by molar-refractivity contribution is 9.10. The molecule has 1 aliphatic carbocycles. The predicted octanol–water partition coefficient (Wildman–Crippen LogP) is 5.35. The van der Waals surface area contributed by atoms with E-state index >= 15 is 0 Å². The first-order chi connectivity index (χ1) is 13.5. The van der Waals surface area contributed by atoms with Crippen LogP contribution in [0, 0.1) is 5.92 Å². The average molecular weight is 464 g/mol. The summed E-state index contributed by atoms with van der Waals surface area (Å²) in [6, 6.07) is 11.7. The standard InChI is InChI=1S/C21H20BrClN2O3/c22-17-8-11-19(28-21(27)15-6-9-18(23)10-7-15)16(12-17)13-24-25-20(26)14-4-2-1-3-5-14/h6-14H,1-5H2,(H,25,26)/b24-13+. The first kappa shape index (κ1) is 20.6. The van der Waals surface area contributed by atoms with Gasteiger partial charge in [-0.05, 0) is 55.3 Å². The molecule has 1 amide bonds. The van der Waals surface area contributed by atoms with Crippen LogP contribution in [0.15, 0.2) is 52.0 Å². The van der Waals surface area contributed by atoms with E-state index in [1.54, 1.807) is 42.5 Å². The number of amides is 1. The molecule has 1 fully saturated rings. The highest BCUT2D eigenvalue weighted by Gasteiger charge is 2.20. The normalized spacial score (nSPS) is 14.8. The smallest absolute Gasteiger partial charge is 0.343 e. The van der Waals surface area contributed by atoms with Crippen LogP contribution in [0.3, 0.4) is 0 Å². The van der Waals surface area contributed by atoms with Crippen molar-refractivity contribution in [3.8, 4) is 5.75 Å². The van der Waals surface area contributed by atoms with Crippen LogP contribution in [-0.4, -0.2) is 18.1 Å². The number of rotatable bonds is 5. The van der Waals surface area contributed by atoms with Gasteiger partial charge in [0.2, 0.25) is 5.91 Å². The highest BCUT2D eigenvalue weighted by atomic mass is 79.9. The molecule has 0 unspecified atom stereocenters. The molecule has 1 saturated carbocycles. The summed E-state index contributed by atoms with van der Waals surface area (Å²) in [5.74, 6) is -0.194. The number of carbonyl (C=O) groups excluding carboxylic acids is 2. The molecule has 0 atom stereocenters. The second-order valence-electron chi connectivity index (χ2n) is 6.65. The second kappa shape index (κ2) is 9.85. The lowest BCUT2D eigenvalue weighted by Crippen LogP contribution is -2.28. The van der Waals surface area contributed by atoms with Crippen molar-refractivity contribution in [1.29, 1.82) is 0 Å². The van der Waals surface area contributed by atoms with Crippen molar-refractivity contribution >= 4 is 45.6 Å². The van der Waals surface area contributed by atoms with E-state index in [1.165, 1.54) is 12.6 Å². The summed E-state index contributed by atoms with van der Waals surface area (Å²) in [5.41, 5.74) is 3.56. The molecule has 0 bridgehead atoms. The molecule has 28 heavy (non-hydrogen) atoms. The van der Waals surface area contributed by atoms with Gasteiger partial charge in [-0.2, -0.15) is 5.10 Å². The minimum absolute atomic E-state index is 0.0237. The Morgan fingerprint density at radius 3 is 2.54 bits per heavy atom. The fraction of sp³-hybridized carbons (Fsp3) is 0.286. The largest absolute Gasteiger partial charge is 0.422 e. The molecule has 0 radical (unpaired) electrons. The summed E-state index contributed by atoms with van der Waals surface area (Å²) in [7, 11) is 0. The zero-order valence-corrected chi connectivity index (χ0v) is 17.5. The van der Waals surface area contributed by atoms with Crippen LogP contribution in [0.2, 0.25) is 5.02 Å². The van der Waals surface area contributed by atoms with Gasteiger partial charge in [0.25, 0.3) is 0 Å². The van der Waals surface area contributed by atoms with Gasteiger partial charge in [0.15, 0.2) is 0 Å². The number of esters is 1. The van der Waals surface area contributed by atoms with Gasteiger partial charge in [-0.1, -0.05) is 46.8 Å². The SMILES string of the molecule is O=C(Oc1ccc(Br)cc1/C=N/NC(=O)C1CCCCC1)c1ccc(Cl)cc1. The summed E-state index contributed by atoms with van der Waals surface area (Å²) in [4.78, 5) is 24.6. The lowest BCUT2D eigenvalue weighted by molar-refractivity contribution is -0.125. The molecule has 1 aliphatic rings. The molecule has 2 aromatic carbocycles. The third-order valence-corrected chi connectivity index (χ3v) is 5.35. The fourth-order valence-electron chi connectivity index (χ4n) is 3.08. The van der Waals surface area contributed by atoms with Crippen LogP contribution in [0.25, 0.3) is 0 Å². The number of ether oxygens (including phenoxy) is 1. The summed E-state index contributed by atoms with van der Waals surface area (Å²) < 4.78 is 6.30. The topological polar surface area (TPSA) is 67.8 Å². The van der Waals surface area contributed by atoms with Crippen LogP contribution < -0.4 is 10.2 Å². The first-order valence-corrected chi connectivity index (χ1v) is 10.3. The van der Waals surface area contributed by atoms with E-state index in [2.05, 4.69) is 26.5 Å². The molecule has 2 aromatic rings. The molecule has 1 N–H and O–H groups in total. The van der Waals surface area contributed by atoms with E-state index in [0.717, 1.165) is 30.2 Å². The summed E-state index contributed by atoms with van der Waals surface area (Å²) >= 11 is 9.24. The zero-order chi connectivity index (χ0) is 19.9. The van der Waals surface area contributed by atoms with E-state index in [4.69, 9.17) is 16.3 Å². The molecule has 5 nitrogen and oxygen atoms in total. The molecular formula is C21H20BrClN2O3. The third kappa shape index (κ3) is 5.66. The highest BCUT2D eigenvalue weighted by Crippen LogP contribution is 2.24. The lowest BCUT2D eigenvalue weighted by Gasteiger charge is -2.19. The van der Waals surface area contributed by atoms with Crippen LogP contribution in [0.5, 0.6) is 5.75 Å². The van der Waals surface area contributed by atoms with Crippen LogP contribution in [0.4, 0.5) is 0 Å². The Balaban J connectivity index is 1.68. The Morgan fingerprint density at radius 1 is 1.11 bits per heavy atom. The van der Waals surface area contributed by atoms with Crippen molar-refractivity contribution in [1.82, 2.24) is 5.43 Å². The van der Waals surface area contributed by atoms with E-state index < -0.39 is 5.97 Å². The molecule has 0 heterocycles. The van der Waals surface area contributed by atoms with E-state index in [9.17, 15) is 9.59 Å². The molecule has 0 aliphatic heterocycles. The van der Waals surface area contributed by atoms with Gasteiger partial charge < -0.3 is 4.74 Å². The van der Waals surface area contributed by atoms with E-state index in [1.807, 2.05) is 0 Å². The average Bonchev–Trinajstić information content (AvgIpc) is 2.71. The third-order valence-electron chi connectivity index (χ3n) is 4.61. The Morgan fingerprint density at radius 2 is 1.82 bits per heavy atom. The van der Waals surface area contributed by atoms with Gasteiger partial charge in [0.1, 0.15) is 5.75 Å². The fourth-order valence-corrected chi connectivity index (χ4v) is 3.58. The Bertz CT molecular complexity index is 878. The van der Waals surface area contributed by atoms with Gasteiger partial charge in [0, 0.05) is 21.0 Å². The summed E-state index contributed by atoms with van der Waals surface area (Å²) in [6.45, 7) is 0. The van der Waals surface area contributed by atoms with Crippen molar-refractivity contribution in [2.45, 2.75) is 32.1 Å². The van der Waals surface area contributed by atoms with E-state index in [0.29, 0.717) is 21.9 Å². The Labute approximate surface area is 177 Å². The van der Waals surface area contributed by atoms with Gasteiger partial charge in [-0.15, -0.1) is 0 Å². The summed E-state index contributed by atoms with van der Waals surface area (Å²) in [6.07, 6.45) is 6.64. The molecule has 7 heteroatoms. The molecule has 3 rings (SSSR count). The van der Waals surface area contributed by atoms with Crippen LogP contribution in [-0.2, 0) is 4.79 Å². The number of halogens is 2. The van der Waals surface area contributed by atoms with Crippen molar-refractivity contribution in [2.75, 3.05) is 0 Å². The van der Waals surface area contributed by atoms with Gasteiger partial charge >= 0.3 is 5.97 Å². The lowest BCUT2D eigenvalue weighted by atomic mass is 9.89. The molecule has 0 saturated heterocycles. The number of nitrogens with zero attached hydrogens (tertiary/aromatic N) is 1. The maximum Gasteiger partial charge on any atom is 0.343 e. The minimum atomic E-state index is -0.500. The monoisotopic (exact) mass is 462 g/mol. The van der Waals surface area contributed by atoms with Crippen molar-refractivity contribution in [3.05, 3.63) is 63.1 Å². The van der Waals surface area contributed by atoms with Gasteiger partial charge in [0.05, 0.1) is 11.8 Å².